The van der Waals surface area contributed by atoms with Gasteiger partial charge in [0.25, 0.3) is 0 Å². The SMILES string of the molecule is C[C@@H]1COCCN1c1cc(N2CCOC[C@@H]2C)cc2sc(-c3ccn[nH]3)nc12. The molecule has 1 aromatic carbocycles. The minimum absolute atomic E-state index is 0.326. The Labute approximate surface area is 168 Å². The molecule has 0 amide bonds. The maximum atomic E-state index is 5.67. The van der Waals surface area contributed by atoms with E-state index >= 15 is 0 Å². The quantitative estimate of drug-likeness (QED) is 0.730. The predicted octanol–water partition coefficient (Wildman–Crippen LogP) is 3.14. The van der Waals surface area contributed by atoms with Gasteiger partial charge in [0.1, 0.15) is 10.5 Å². The molecule has 1 N–H and O–H groups in total. The number of nitrogens with zero attached hydrogens (tertiary/aromatic N) is 4. The number of nitrogens with one attached hydrogen (secondary N) is 1. The van der Waals surface area contributed by atoms with Gasteiger partial charge in [0, 0.05) is 37.1 Å². The highest BCUT2D eigenvalue weighted by atomic mass is 32.1. The molecule has 7 nitrogen and oxygen atoms in total. The van der Waals surface area contributed by atoms with Crippen molar-refractivity contribution in [2.45, 2.75) is 25.9 Å². The first-order chi connectivity index (χ1) is 13.7. The number of morpholine rings is 2. The first-order valence-electron chi connectivity index (χ1n) is 9.84. The van der Waals surface area contributed by atoms with Gasteiger partial charge in [0.15, 0.2) is 0 Å². The number of anilines is 2. The molecule has 0 unspecified atom stereocenters. The second-order valence-corrected chi connectivity index (χ2v) is 8.57. The summed E-state index contributed by atoms with van der Waals surface area (Å²) in [6.07, 6.45) is 1.77. The summed E-state index contributed by atoms with van der Waals surface area (Å²) < 4.78 is 12.5. The van der Waals surface area contributed by atoms with Crippen LogP contribution >= 0.6 is 11.3 Å². The van der Waals surface area contributed by atoms with E-state index in [0.717, 1.165) is 55.7 Å². The van der Waals surface area contributed by atoms with Crippen LogP contribution in [0.2, 0.25) is 0 Å². The molecule has 0 aliphatic carbocycles. The largest absolute Gasteiger partial charge is 0.377 e. The maximum Gasteiger partial charge on any atom is 0.142 e. The molecule has 2 aliphatic heterocycles. The van der Waals surface area contributed by atoms with E-state index in [0.29, 0.717) is 12.1 Å². The van der Waals surface area contributed by atoms with Crippen LogP contribution in [0.15, 0.2) is 24.4 Å². The Morgan fingerprint density at radius 3 is 2.50 bits per heavy atom. The highest BCUT2D eigenvalue weighted by Gasteiger charge is 2.26. The number of benzene rings is 1. The van der Waals surface area contributed by atoms with Crippen molar-refractivity contribution in [2.75, 3.05) is 49.3 Å². The zero-order valence-electron chi connectivity index (χ0n) is 16.2. The fourth-order valence-corrected chi connectivity index (χ4v) is 5.06. The van der Waals surface area contributed by atoms with Crippen LogP contribution < -0.4 is 9.80 Å². The van der Waals surface area contributed by atoms with Crippen molar-refractivity contribution < 1.29 is 9.47 Å². The van der Waals surface area contributed by atoms with Crippen LogP contribution in [0.3, 0.4) is 0 Å². The lowest BCUT2D eigenvalue weighted by molar-refractivity contribution is 0.0984. The Bertz CT molecular complexity index is 957. The van der Waals surface area contributed by atoms with E-state index in [1.54, 1.807) is 17.5 Å². The molecule has 2 aromatic heterocycles. The fourth-order valence-electron chi connectivity index (χ4n) is 4.07. The van der Waals surface area contributed by atoms with Crippen molar-refractivity contribution in [3.63, 3.8) is 0 Å². The van der Waals surface area contributed by atoms with Gasteiger partial charge in [-0.25, -0.2) is 4.98 Å². The van der Waals surface area contributed by atoms with Gasteiger partial charge >= 0.3 is 0 Å². The molecule has 4 heterocycles. The van der Waals surface area contributed by atoms with Crippen molar-refractivity contribution in [2.24, 2.45) is 0 Å². The zero-order chi connectivity index (χ0) is 19.1. The van der Waals surface area contributed by atoms with E-state index < -0.39 is 0 Å². The van der Waals surface area contributed by atoms with Gasteiger partial charge in [0.2, 0.25) is 0 Å². The molecule has 2 aliphatic rings. The zero-order valence-corrected chi connectivity index (χ0v) is 17.0. The lowest BCUT2D eigenvalue weighted by atomic mass is 10.1. The van der Waals surface area contributed by atoms with Crippen LogP contribution in [0, 0.1) is 0 Å². The van der Waals surface area contributed by atoms with Crippen LogP contribution in [0.25, 0.3) is 20.9 Å². The second-order valence-electron chi connectivity index (χ2n) is 7.54. The Morgan fingerprint density at radius 2 is 1.82 bits per heavy atom. The normalized spacial score (nSPS) is 23.5. The van der Waals surface area contributed by atoms with E-state index in [2.05, 4.69) is 46.0 Å². The first-order valence-corrected chi connectivity index (χ1v) is 10.7. The van der Waals surface area contributed by atoms with E-state index in [1.807, 2.05) is 6.07 Å². The number of thiazole rings is 1. The third-order valence-electron chi connectivity index (χ3n) is 5.57. The standard InChI is InChI=1S/C20H25N5O2S/c1-13-11-26-7-5-24(13)15-9-17(25-6-8-27-12-14(25)2)19-18(10-15)28-20(22-19)16-3-4-21-23-16/h3-4,9-10,13-14H,5-8,11-12H2,1-2H3,(H,21,23)/t13-,14+/m0/s1. The van der Waals surface area contributed by atoms with Crippen molar-refractivity contribution in [3.8, 4) is 10.7 Å². The number of aromatic nitrogens is 3. The molecule has 8 heteroatoms. The van der Waals surface area contributed by atoms with Gasteiger partial charge in [-0.1, -0.05) is 0 Å². The van der Waals surface area contributed by atoms with Crippen molar-refractivity contribution in [1.82, 2.24) is 15.2 Å². The molecule has 0 bridgehead atoms. The van der Waals surface area contributed by atoms with Gasteiger partial charge in [-0.05, 0) is 32.0 Å². The van der Waals surface area contributed by atoms with E-state index in [9.17, 15) is 0 Å². The first kappa shape index (κ1) is 17.9. The number of fused-ring (bicyclic) bond motifs is 1. The summed E-state index contributed by atoms with van der Waals surface area (Å²) in [5.74, 6) is 0. The van der Waals surface area contributed by atoms with Crippen LogP contribution in [0.4, 0.5) is 11.4 Å². The Morgan fingerprint density at radius 1 is 1.07 bits per heavy atom. The summed E-state index contributed by atoms with van der Waals surface area (Å²) in [6.45, 7) is 9.28. The maximum absolute atomic E-state index is 5.67. The third kappa shape index (κ3) is 3.15. The van der Waals surface area contributed by atoms with Crippen LogP contribution in [0.1, 0.15) is 13.8 Å². The minimum atomic E-state index is 0.326. The molecule has 0 radical (unpaired) electrons. The topological polar surface area (TPSA) is 66.5 Å². The Hall–Kier alpha value is -2.16. The molecule has 2 saturated heterocycles. The summed E-state index contributed by atoms with van der Waals surface area (Å²) >= 11 is 1.72. The van der Waals surface area contributed by atoms with E-state index in [-0.39, 0.29) is 0 Å². The summed E-state index contributed by atoms with van der Waals surface area (Å²) in [6, 6.07) is 7.25. The van der Waals surface area contributed by atoms with Gasteiger partial charge in [-0.2, -0.15) is 5.10 Å². The van der Waals surface area contributed by atoms with Crippen LogP contribution in [-0.4, -0.2) is 66.8 Å². The van der Waals surface area contributed by atoms with Gasteiger partial charge in [-0.3, -0.25) is 5.10 Å². The molecule has 5 rings (SSSR count). The van der Waals surface area contributed by atoms with Crippen molar-refractivity contribution >= 4 is 32.9 Å². The minimum Gasteiger partial charge on any atom is -0.377 e. The third-order valence-corrected chi connectivity index (χ3v) is 6.60. The smallest absolute Gasteiger partial charge is 0.142 e. The number of aromatic amines is 1. The second kappa shape index (κ2) is 7.35. The van der Waals surface area contributed by atoms with Crippen molar-refractivity contribution in [3.05, 3.63) is 24.4 Å². The van der Waals surface area contributed by atoms with E-state index in [1.165, 1.54) is 16.1 Å². The average Bonchev–Trinajstić information content (AvgIpc) is 3.37. The molecule has 0 saturated carbocycles. The molecule has 2 fully saturated rings. The average molecular weight is 400 g/mol. The number of hydrogen-bond donors (Lipinski definition) is 1. The van der Waals surface area contributed by atoms with Gasteiger partial charge in [-0.15, -0.1) is 11.3 Å². The molecular formula is C20H25N5O2S. The molecule has 3 aromatic rings. The number of H-pyrrole nitrogens is 1. The predicted molar refractivity (Wildman–Crippen MR) is 112 cm³/mol. The molecule has 148 valence electrons. The molecule has 0 spiro atoms. The van der Waals surface area contributed by atoms with Crippen LogP contribution in [-0.2, 0) is 9.47 Å². The molecule has 28 heavy (non-hydrogen) atoms. The summed E-state index contributed by atoms with van der Waals surface area (Å²) in [7, 11) is 0. The summed E-state index contributed by atoms with van der Waals surface area (Å²) in [4.78, 5) is 9.88. The summed E-state index contributed by atoms with van der Waals surface area (Å²) in [5.41, 5.74) is 4.47. The monoisotopic (exact) mass is 399 g/mol. The van der Waals surface area contributed by atoms with Crippen LogP contribution in [0.5, 0.6) is 0 Å². The molecular weight excluding hydrogens is 374 g/mol. The van der Waals surface area contributed by atoms with Gasteiger partial charge < -0.3 is 19.3 Å². The Kier molecular flexibility index (Phi) is 4.70. The fraction of sp³-hybridized carbons (Fsp3) is 0.500. The van der Waals surface area contributed by atoms with Crippen molar-refractivity contribution in [1.29, 1.82) is 0 Å². The number of ether oxygens (including phenoxy) is 2. The number of rotatable bonds is 3. The molecule has 2 atom stereocenters. The van der Waals surface area contributed by atoms with Gasteiger partial charge in [0.05, 0.1) is 42.5 Å². The number of hydrogen-bond acceptors (Lipinski definition) is 7. The lowest BCUT2D eigenvalue weighted by Crippen LogP contribution is -2.45. The Balaban J connectivity index is 1.65. The van der Waals surface area contributed by atoms with E-state index in [4.69, 9.17) is 14.5 Å². The lowest BCUT2D eigenvalue weighted by Gasteiger charge is -2.38. The highest BCUT2D eigenvalue weighted by Crippen LogP contribution is 2.39. The summed E-state index contributed by atoms with van der Waals surface area (Å²) in [5, 5.41) is 8.11. The highest BCUT2D eigenvalue weighted by molar-refractivity contribution is 7.21.